The van der Waals surface area contributed by atoms with Crippen molar-refractivity contribution in [3.05, 3.63) is 173 Å². The predicted molar refractivity (Wildman–Crippen MR) is 224 cm³/mol. The zero-order valence-electron chi connectivity index (χ0n) is 30.7. The number of ether oxygens (including phenoxy) is 2. The van der Waals surface area contributed by atoms with E-state index in [0.29, 0.717) is 45.3 Å². The van der Waals surface area contributed by atoms with E-state index < -0.39 is 23.0 Å². The highest BCUT2D eigenvalue weighted by atomic mass is 32.2. The number of anilines is 2. The van der Waals surface area contributed by atoms with Crippen LogP contribution in [-0.4, -0.2) is 35.5 Å². The van der Waals surface area contributed by atoms with Crippen LogP contribution in [0.2, 0.25) is 0 Å². The lowest BCUT2D eigenvalue weighted by Gasteiger charge is -2.14. The second-order valence-corrected chi connectivity index (χ2v) is 14.7. The van der Waals surface area contributed by atoms with Crippen molar-refractivity contribution in [3.8, 4) is 16.9 Å². The summed E-state index contributed by atoms with van der Waals surface area (Å²) in [5.41, 5.74) is 4.45. The Labute approximate surface area is 333 Å². The van der Waals surface area contributed by atoms with Gasteiger partial charge in [0.15, 0.2) is 0 Å². The number of thiophene rings is 1. The number of carbonyl (C=O) groups excluding carboxylic acids is 4. The maximum absolute atomic E-state index is 13.8. The Hall–Kier alpha value is -6.43. The Morgan fingerprint density at radius 3 is 2.16 bits per heavy atom. The number of benzene rings is 5. The first-order valence-electron chi connectivity index (χ1n) is 17.8. The van der Waals surface area contributed by atoms with Gasteiger partial charge in [-0.2, -0.15) is 0 Å². The second kappa shape index (κ2) is 19.2. The molecule has 3 N–H and O–H groups in total. The smallest absolute Gasteiger partial charge is 0.341 e. The maximum atomic E-state index is 13.8. The van der Waals surface area contributed by atoms with Crippen molar-refractivity contribution in [3.63, 3.8) is 0 Å². The van der Waals surface area contributed by atoms with Gasteiger partial charge in [-0.15, -0.1) is 23.1 Å². The minimum atomic E-state index is -0.571. The van der Waals surface area contributed by atoms with Crippen molar-refractivity contribution >= 4 is 63.6 Å². The fourth-order valence-corrected chi connectivity index (χ4v) is 7.40. The third-order valence-electron chi connectivity index (χ3n) is 8.33. The Bertz CT molecular complexity index is 2310. The van der Waals surface area contributed by atoms with Crippen LogP contribution in [0, 0.1) is 0 Å². The maximum Gasteiger partial charge on any atom is 0.341 e. The molecule has 56 heavy (non-hydrogen) atoms. The van der Waals surface area contributed by atoms with Gasteiger partial charge in [-0.25, -0.2) is 4.79 Å². The highest BCUT2D eigenvalue weighted by molar-refractivity contribution is 8.00. The largest absolute Gasteiger partial charge is 0.489 e. The lowest BCUT2D eigenvalue weighted by molar-refractivity contribution is -0.115. The first kappa shape index (κ1) is 39.3. The van der Waals surface area contributed by atoms with Gasteiger partial charge in [0, 0.05) is 27.1 Å². The van der Waals surface area contributed by atoms with Crippen molar-refractivity contribution < 1.29 is 28.7 Å². The first-order valence-corrected chi connectivity index (χ1v) is 19.6. The van der Waals surface area contributed by atoms with Gasteiger partial charge in [-0.05, 0) is 79.1 Å². The molecule has 0 spiro atoms. The summed E-state index contributed by atoms with van der Waals surface area (Å²) < 4.78 is 11.2. The molecule has 0 radical (unpaired) electrons. The number of rotatable bonds is 15. The molecular weight excluding hydrogens is 743 g/mol. The van der Waals surface area contributed by atoms with Crippen molar-refractivity contribution in [2.24, 2.45) is 0 Å². The van der Waals surface area contributed by atoms with Crippen molar-refractivity contribution in [1.29, 1.82) is 0 Å². The Morgan fingerprint density at radius 2 is 1.46 bits per heavy atom. The Kier molecular flexibility index (Phi) is 13.5. The predicted octanol–water partition coefficient (Wildman–Crippen LogP) is 9.70. The normalized spacial score (nSPS) is 11.6. The average Bonchev–Trinajstić information content (AvgIpc) is 3.65. The monoisotopic (exact) mass is 781 g/mol. The third kappa shape index (κ3) is 10.6. The van der Waals surface area contributed by atoms with Gasteiger partial charge in [0.25, 0.3) is 11.8 Å². The number of amides is 3. The van der Waals surface area contributed by atoms with Crippen molar-refractivity contribution in [2.75, 3.05) is 17.2 Å². The van der Waals surface area contributed by atoms with E-state index in [0.717, 1.165) is 16.0 Å². The van der Waals surface area contributed by atoms with Gasteiger partial charge < -0.3 is 25.4 Å². The zero-order valence-corrected chi connectivity index (χ0v) is 32.3. The third-order valence-corrected chi connectivity index (χ3v) is 10.3. The fraction of sp³-hybridized carbons (Fsp3) is 0.111. The average molecular weight is 782 g/mol. The molecule has 1 unspecified atom stereocenters. The van der Waals surface area contributed by atoms with E-state index in [1.165, 1.54) is 23.1 Å². The van der Waals surface area contributed by atoms with E-state index in [1.54, 1.807) is 86.7 Å². The molecule has 6 aromatic rings. The molecule has 0 aliphatic heterocycles. The highest BCUT2D eigenvalue weighted by Gasteiger charge is 2.25. The Balaban J connectivity index is 1.15. The van der Waals surface area contributed by atoms with Gasteiger partial charge in [-0.3, -0.25) is 14.4 Å². The van der Waals surface area contributed by atoms with E-state index in [9.17, 15) is 19.2 Å². The summed E-state index contributed by atoms with van der Waals surface area (Å²) >= 11 is 2.55. The molecule has 6 rings (SSSR count). The van der Waals surface area contributed by atoms with E-state index in [1.807, 2.05) is 78.2 Å². The number of esters is 1. The molecule has 282 valence electrons. The van der Waals surface area contributed by atoms with Gasteiger partial charge in [-0.1, -0.05) is 97.1 Å². The van der Waals surface area contributed by atoms with Crippen LogP contribution in [0.25, 0.3) is 17.2 Å². The van der Waals surface area contributed by atoms with Crippen LogP contribution in [0.5, 0.6) is 5.75 Å². The minimum absolute atomic E-state index is 0.0332. The van der Waals surface area contributed by atoms with Gasteiger partial charge in [0.05, 0.1) is 11.9 Å². The molecule has 0 aliphatic carbocycles. The molecule has 0 aliphatic rings. The molecule has 0 bridgehead atoms. The molecule has 1 atom stereocenters. The number of hydrogen-bond donors (Lipinski definition) is 3. The minimum Gasteiger partial charge on any atom is -0.489 e. The number of thioether (sulfide) groups is 1. The van der Waals surface area contributed by atoms with Crippen LogP contribution in [0.4, 0.5) is 10.7 Å². The van der Waals surface area contributed by atoms with Gasteiger partial charge >= 0.3 is 5.97 Å². The molecular formula is C45H39N3O6S2. The lowest BCUT2D eigenvalue weighted by atomic mass is 10.0. The van der Waals surface area contributed by atoms with E-state index >= 15 is 0 Å². The molecule has 0 saturated carbocycles. The van der Waals surface area contributed by atoms with Crippen molar-refractivity contribution in [2.45, 2.75) is 30.6 Å². The van der Waals surface area contributed by atoms with Crippen LogP contribution < -0.4 is 20.7 Å². The summed E-state index contributed by atoms with van der Waals surface area (Å²) in [6.07, 6.45) is 1.60. The number of carbonyl (C=O) groups is 4. The molecule has 0 fully saturated rings. The van der Waals surface area contributed by atoms with Gasteiger partial charge in [0.1, 0.15) is 28.6 Å². The second-order valence-electron chi connectivity index (χ2n) is 12.4. The van der Waals surface area contributed by atoms with E-state index in [-0.39, 0.29) is 18.2 Å². The molecule has 0 saturated heterocycles. The SMILES string of the molecule is CCOC(=O)c1c(-c2ccccc2)csc1NC(=O)C(C)Sc1cccc(NC(=O)/C(=C\c2ccc(OCc3ccccc3)cc2)NC(=O)c2ccccc2)c1. The summed E-state index contributed by atoms with van der Waals surface area (Å²) in [5.74, 6) is -1.13. The lowest BCUT2D eigenvalue weighted by Crippen LogP contribution is -2.30. The summed E-state index contributed by atoms with van der Waals surface area (Å²) in [6, 6.07) is 42.2. The number of nitrogens with one attached hydrogen (secondary N) is 3. The molecule has 3 amide bonds. The van der Waals surface area contributed by atoms with Crippen LogP contribution in [0.3, 0.4) is 0 Å². The standard InChI is InChI=1S/C45H39N3O6S2/c1-3-53-45(52)40-38(33-16-9-5-10-17-33)29-55-44(40)48-41(49)30(2)56-37-21-13-20-35(27-37)46-43(51)39(47-42(50)34-18-11-6-12-19-34)26-31-22-24-36(25-23-31)54-28-32-14-7-4-8-15-32/h4-27,29-30H,3,28H2,1-2H3,(H,46,51)(H,47,50)(H,48,49)/b39-26+. The van der Waals surface area contributed by atoms with Crippen LogP contribution in [0.15, 0.2) is 155 Å². The van der Waals surface area contributed by atoms with E-state index in [4.69, 9.17) is 9.47 Å². The Morgan fingerprint density at radius 1 is 0.786 bits per heavy atom. The first-order chi connectivity index (χ1) is 27.3. The fourth-order valence-electron chi connectivity index (χ4n) is 5.51. The zero-order chi connectivity index (χ0) is 39.3. The highest BCUT2D eigenvalue weighted by Crippen LogP contribution is 2.37. The quantitative estimate of drug-likeness (QED) is 0.0539. The summed E-state index contributed by atoms with van der Waals surface area (Å²) in [7, 11) is 0. The molecule has 1 aromatic heterocycles. The summed E-state index contributed by atoms with van der Waals surface area (Å²) in [4.78, 5) is 54.2. The van der Waals surface area contributed by atoms with Crippen LogP contribution >= 0.6 is 23.1 Å². The van der Waals surface area contributed by atoms with Gasteiger partial charge in [0.2, 0.25) is 5.91 Å². The molecule has 11 heteroatoms. The molecule has 9 nitrogen and oxygen atoms in total. The van der Waals surface area contributed by atoms with Crippen molar-refractivity contribution in [1.82, 2.24) is 5.32 Å². The van der Waals surface area contributed by atoms with Crippen LogP contribution in [0.1, 0.15) is 45.7 Å². The topological polar surface area (TPSA) is 123 Å². The summed E-state index contributed by atoms with van der Waals surface area (Å²) in [6.45, 7) is 4.11. The molecule has 5 aromatic carbocycles. The van der Waals surface area contributed by atoms with E-state index in [2.05, 4.69) is 16.0 Å². The molecule has 1 heterocycles. The number of hydrogen-bond acceptors (Lipinski definition) is 8. The summed E-state index contributed by atoms with van der Waals surface area (Å²) in [5, 5.41) is 10.3. The van der Waals surface area contributed by atoms with Crippen LogP contribution in [-0.2, 0) is 20.9 Å².